The molecule has 0 unspecified atom stereocenters. The van der Waals surface area contributed by atoms with Crippen molar-refractivity contribution in [2.45, 2.75) is 32.7 Å². The van der Waals surface area contributed by atoms with Gasteiger partial charge in [-0.15, -0.1) is 0 Å². The first-order valence-electron chi connectivity index (χ1n) is 10.5. The highest BCUT2D eigenvalue weighted by Crippen LogP contribution is 2.33. The van der Waals surface area contributed by atoms with Gasteiger partial charge in [0.05, 0.1) is 11.7 Å². The maximum atomic E-state index is 12.8. The Balaban J connectivity index is 1.52. The lowest BCUT2D eigenvalue weighted by Crippen LogP contribution is -2.28. The second kappa shape index (κ2) is 8.63. The summed E-state index contributed by atoms with van der Waals surface area (Å²) in [7, 11) is 1.77. The molecule has 2 amide bonds. The number of anilines is 2. The van der Waals surface area contributed by atoms with Crippen LogP contribution in [0.15, 0.2) is 47.0 Å². The van der Waals surface area contributed by atoms with E-state index in [-0.39, 0.29) is 17.9 Å². The average molecular weight is 418 g/mol. The van der Waals surface area contributed by atoms with Crippen molar-refractivity contribution in [2.75, 3.05) is 24.2 Å². The van der Waals surface area contributed by atoms with Crippen LogP contribution in [0.4, 0.5) is 11.5 Å². The van der Waals surface area contributed by atoms with Crippen molar-refractivity contribution in [1.82, 2.24) is 9.88 Å². The third-order valence-electron chi connectivity index (χ3n) is 5.64. The number of furan rings is 1. The van der Waals surface area contributed by atoms with Crippen molar-refractivity contribution in [2.24, 2.45) is 0 Å². The fourth-order valence-electron chi connectivity index (χ4n) is 3.78. The van der Waals surface area contributed by atoms with Gasteiger partial charge in [0.2, 0.25) is 11.8 Å². The van der Waals surface area contributed by atoms with Crippen molar-refractivity contribution in [3.05, 3.63) is 59.5 Å². The van der Waals surface area contributed by atoms with Crippen molar-refractivity contribution >= 4 is 40.4 Å². The average Bonchev–Trinajstić information content (AvgIpc) is 3.05. The lowest BCUT2D eigenvalue weighted by atomic mass is 10.0. The third kappa shape index (κ3) is 4.17. The molecule has 1 atom stereocenters. The maximum Gasteiger partial charge on any atom is 0.246 e. The fourth-order valence-corrected chi connectivity index (χ4v) is 3.78. The molecule has 3 heterocycles. The lowest BCUT2D eigenvalue weighted by Gasteiger charge is -2.23. The molecule has 7 heteroatoms. The van der Waals surface area contributed by atoms with Crippen LogP contribution in [0.3, 0.4) is 0 Å². The number of carbonyl (C=O) groups excluding carboxylic acids is 2. The van der Waals surface area contributed by atoms with Crippen molar-refractivity contribution < 1.29 is 14.0 Å². The number of hydrogen-bond donors (Lipinski definition) is 2. The molecule has 0 fully saturated rings. The van der Waals surface area contributed by atoms with Crippen LogP contribution < -0.4 is 10.6 Å². The summed E-state index contributed by atoms with van der Waals surface area (Å²) >= 11 is 0. The third-order valence-corrected chi connectivity index (χ3v) is 5.64. The number of nitrogens with zero attached hydrogens (tertiary/aromatic N) is 2. The van der Waals surface area contributed by atoms with Crippen molar-refractivity contribution in [3.8, 4) is 0 Å². The van der Waals surface area contributed by atoms with E-state index in [0.717, 1.165) is 40.0 Å². The minimum atomic E-state index is -0.207. The minimum absolute atomic E-state index is 0.0649. The standard InChI is InChI=1S/C24H26N4O3/c1-4-17-18-7-5-6-8-20(18)31-23(17)15(2)28(3)22(30)10-9-16-13-19-24(26-14-16)27-21(29)11-12-25-19/h5-10,13-15,25H,4,11-12H2,1-3H3,(H,26,27,29)/t15-/m1/s1. The molecule has 0 aliphatic carbocycles. The van der Waals surface area contributed by atoms with Gasteiger partial charge in [0, 0.05) is 43.2 Å². The van der Waals surface area contributed by atoms with Gasteiger partial charge in [0.25, 0.3) is 0 Å². The first-order valence-corrected chi connectivity index (χ1v) is 10.5. The Hall–Kier alpha value is -3.61. The highest BCUT2D eigenvalue weighted by molar-refractivity contribution is 5.95. The molecule has 160 valence electrons. The highest BCUT2D eigenvalue weighted by atomic mass is 16.3. The van der Waals surface area contributed by atoms with Crippen LogP contribution in [-0.4, -0.2) is 35.3 Å². The van der Waals surface area contributed by atoms with E-state index in [9.17, 15) is 9.59 Å². The van der Waals surface area contributed by atoms with E-state index in [2.05, 4.69) is 28.6 Å². The Morgan fingerprint density at radius 3 is 2.97 bits per heavy atom. The maximum absolute atomic E-state index is 12.8. The summed E-state index contributed by atoms with van der Waals surface area (Å²) in [6.45, 7) is 4.61. The summed E-state index contributed by atoms with van der Waals surface area (Å²) in [4.78, 5) is 30.4. The smallest absolute Gasteiger partial charge is 0.246 e. The van der Waals surface area contributed by atoms with Crippen LogP contribution in [0, 0.1) is 0 Å². The summed E-state index contributed by atoms with van der Waals surface area (Å²) in [6.07, 6.45) is 6.12. The molecule has 0 radical (unpaired) electrons. The van der Waals surface area contributed by atoms with Gasteiger partial charge in [-0.25, -0.2) is 4.98 Å². The number of aromatic nitrogens is 1. The van der Waals surface area contributed by atoms with Crippen LogP contribution in [0.2, 0.25) is 0 Å². The molecular formula is C24H26N4O3. The zero-order valence-corrected chi connectivity index (χ0v) is 17.9. The molecule has 0 bridgehead atoms. The van der Waals surface area contributed by atoms with Crippen molar-refractivity contribution in [3.63, 3.8) is 0 Å². The molecule has 0 spiro atoms. The predicted octanol–water partition coefficient (Wildman–Crippen LogP) is 4.38. The fraction of sp³-hybridized carbons (Fsp3) is 0.292. The number of rotatable bonds is 5. The molecule has 1 aromatic carbocycles. The van der Waals surface area contributed by atoms with E-state index in [0.29, 0.717) is 18.8 Å². The SMILES string of the molecule is CCc1c([C@@H](C)N(C)C(=O)C=Cc2cnc3c(c2)NCCC(=O)N3)oc2ccccc12. The Bertz CT molecular complexity index is 1160. The number of fused-ring (bicyclic) bond motifs is 2. The van der Waals surface area contributed by atoms with Gasteiger partial charge >= 0.3 is 0 Å². The molecule has 7 nitrogen and oxygen atoms in total. The summed E-state index contributed by atoms with van der Waals surface area (Å²) in [5, 5.41) is 7.05. The molecule has 2 N–H and O–H groups in total. The number of aryl methyl sites for hydroxylation is 1. The van der Waals surface area contributed by atoms with Gasteiger partial charge in [-0.3, -0.25) is 9.59 Å². The largest absolute Gasteiger partial charge is 0.459 e. The molecule has 2 aromatic heterocycles. The molecule has 1 aliphatic heterocycles. The molecule has 31 heavy (non-hydrogen) atoms. The Kier molecular flexibility index (Phi) is 5.75. The van der Waals surface area contributed by atoms with E-state index in [1.165, 1.54) is 6.08 Å². The van der Waals surface area contributed by atoms with Crippen LogP contribution in [0.5, 0.6) is 0 Å². The number of carbonyl (C=O) groups is 2. The summed E-state index contributed by atoms with van der Waals surface area (Å²) in [5.41, 5.74) is 3.50. The first kappa shape index (κ1) is 20.7. The first-order chi connectivity index (χ1) is 15.0. The number of amides is 2. The Labute approximate surface area is 181 Å². The second-order valence-corrected chi connectivity index (χ2v) is 7.64. The van der Waals surface area contributed by atoms with Gasteiger partial charge in [0.15, 0.2) is 5.82 Å². The molecular weight excluding hydrogens is 392 g/mol. The zero-order chi connectivity index (χ0) is 22.0. The highest BCUT2D eigenvalue weighted by Gasteiger charge is 2.23. The van der Waals surface area contributed by atoms with Crippen LogP contribution in [0.25, 0.3) is 17.0 Å². The van der Waals surface area contributed by atoms with Gasteiger partial charge in [0.1, 0.15) is 11.3 Å². The summed E-state index contributed by atoms with van der Waals surface area (Å²) < 4.78 is 6.10. The topological polar surface area (TPSA) is 87.5 Å². The number of hydrogen-bond acceptors (Lipinski definition) is 5. The normalized spacial score (nSPS) is 14.6. The minimum Gasteiger partial charge on any atom is -0.459 e. The number of likely N-dealkylation sites (N-methyl/N-ethyl adjacent to an activating group) is 1. The second-order valence-electron chi connectivity index (χ2n) is 7.64. The van der Waals surface area contributed by atoms with Gasteiger partial charge in [-0.2, -0.15) is 0 Å². The van der Waals surface area contributed by atoms with Crippen molar-refractivity contribution in [1.29, 1.82) is 0 Å². The Morgan fingerprint density at radius 1 is 1.35 bits per heavy atom. The van der Waals surface area contributed by atoms with E-state index in [4.69, 9.17) is 4.42 Å². The van der Waals surface area contributed by atoms with Crippen LogP contribution in [-0.2, 0) is 16.0 Å². The lowest BCUT2D eigenvalue weighted by molar-refractivity contribution is -0.126. The predicted molar refractivity (Wildman–Crippen MR) is 122 cm³/mol. The molecule has 3 aromatic rings. The molecule has 0 saturated carbocycles. The summed E-state index contributed by atoms with van der Waals surface area (Å²) in [5.74, 6) is 1.13. The number of nitrogens with one attached hydrogen (secondary N) is 2. The number of pyridine rings is 1. The Morgan fingerprint density at radius 2 is 2.16 bits per heavy atom. The van der Waals surface area contributed by atoms with Gasteiger partial charge in [-0.05, 0) is 37.1 Å². The monoisotopic (exact) mass is 418 g/mol. The van der Waals surface area contributed by atoms with E-state index in [1.807, 2.05) is 31.2 Å². The molecule has 1 aliphatic rings. The van der Waals surface area contributed by atoms with Crippen LogP contribution in [0.1, 0.15) is 43.2 Å². The molecule has 4 rings (SSSR count). The van der Waals surface area contributed by atoms with Crippen LogP contribution >= 0.6 is 0 Å². The van der Waals surface area contributed by atoms with E-state index in [1.54, 1.807) is 24.2 Å². The quantitative estimate of drug-likeness (QED) is 0.601. The van der Waals surface area contributed by atoms with E-state index < -0.39 is 0 Å². The van der Waals surface area contributed by atoms with Gasteiger partial charge in [-0.1, -0.05) is 25.1 Å². The number of benzene rings is 1. The van der Waals surface area contributed by atoms with Gasteiger partial charge < -0.3 is 20.0 Å². The number of para-hydroxylation sites is 1. The molecule has 0 saturated heterocycles. The zero-order valence-electron chi connectivity index (χ0n) is 17.9. The van der Waals surface area contributed by atoms with E-state index >= 15 is 0 Å². The summed E-state index contributed by atoms with van der Waals surface area (Å²) in [6, 6.07) is 9.62.